The van der Waals surface area contributed by atoms with Crippen molar-refractivity contribution in [2.45, 2.75) is 39.2 Å². The first-order valence-electron chi connectivity index (χ1n) is 8.65. The van der Waals surface area contributed by atoms with E-state index in [1.165, 1.54) is 0 Å². The quantitative estimate of drug-likeness (QED) is 0.840. The van der Waals surface area contributed by atoms with E-state index >= 15 is 0 Å². The second-order valence-corrected chi connectivity index (χ2v) is 7.42. The lowest BCUT2D eigenvalue weighted by Crippen LogP contribution is -2.48. The molecule has 0 bridgehead atoms. The lowest BCUT2D eigenvalue weighted by Gasteiger charge is -2.38. The number of benzene rings is 1. The molecule has 2 N–H and O–H groups in total. The van der Waals surface area contributed by atoms with Gasteiger partial charge in [-0.3, -0.25) is 9.59 Å². The predicted octanol–water partition coefficient (Wildman–Crippen LogP) is 2.61. The third-order valence-corrected chi connectivity index (χ3v) is 4.61. The standard InChI is InChI=1S/C19H29N3O2.ClH/c1-19(2,13-20)14-21(3)18(24)17(15-9-5-4-6-10-15)22-12-8-7-11-16(22)23;/h4-6,9-10,17H,7-8,11-14,20H2,1-3H3;1H. The highest BCUT2D eigenvalue weighted by molar-refractivity contribution is 5.89. The molecule has 5 nitrogen and oxygen atoms in total. The SMILES string of the molecule is CN(CC(C)(C)CN)C(=O)C(c1ccccc1)N1CCCCC1=O.Cl. The number of rotatable bonds is 6. The Morgan fingerprint density at radius 1 is 1.28 bits per heavy atom. The van der Waals surface area contributed by atoms with Crippen LogP contribution in [0, 0.1) is 5.41 Å². The molecule has 0 aliphatic carbocycles. The lowest BCUT2D eigenvalue weighted by atomic mass is 9.92. The number of nitrogens with two attached hydrogens (primary N) is 1. The van der Waals surface area contributed by atoms with Gasteiger partial charge in [-0.1, -0.05) is 44.2 Å². The fourth-order valence-corrected chi connectivity index (χ4v) is 3.18. The van der Waals surface area contributed by atoms with Crippen LogP contribution in [0.25, 0.3) is 0 Å². The third-order valence-electron chi connectivity index (χ3n) is 4.61. The maximum Gasteiger partial charge on any atom is 0.249 e. The summed E-state index contributed by atoms with van der Waals surface area (Å²) in [6, 6.07) is 9.04. The van der Waals surface area contributed by atoms with Crippen molar-refractivity contribution < 1.29 is 9.59 Å². The Labute approximate surface area is 157 Å². The number of carbonyl (C=O) groups excluding carboxylic acids is 2. The summed E-state index contributed by atoms with van der Waals surface area (Å²) in [6.07, 6.45) is 2.37. The molecule has 1 unspecified atom stereocenters. The number of hydrogen-bond donors (Lipinski definition) is 1. The summed E-state index contributed by atoms with van der Waals surface area (Å²) in [7, 11) is 1.80. The second kappa shape index (κ2) is 9.20. The fourth-order valence-electron chi connectivity index (χ4n) is 3.18. The molecule has 2 rings (SSSR count). The van der Waals surface area contributed by atoms with Gasteiger partial charge in [0, 0.05) is 26.6 Å². The molecule has 1 aliphatic heterocycles. The van der Waals surface area contributed by atoms with E-state index in [0.29, 0.717) is 26.1 Å². The van der Waals surface area contributed by atoms with E-state index in [-0.39, 0.29) is 29.6 Å². The minimum atomic E-state index is -0.544. The first-order chi connectivity index (χ1) is 11.4. The van der Waals surface area contributed by atoms with Crippen molar-refractivity contribution in [1.82, 2.24) is 9.80 Å². The summed E-state index contributed by atoms with van der Waals surface area (Å²) in [5.74, 6) is 0.0212. The molecule has 25 heavy (non-hydrogen) atoms. The summed E-state index contributed by atoms with van der Waals surface area (Å²) in [5, 5.41) is 0. The topological polar surface area (TPSA) is 66.6 Å². The van der Waals surface area contributed by atoms with Crippen LogP contribution in [0.2, 0.25) is 0 Å². The van der Waals surface area contributed by atoms with E-state index in [1.807, 2.05) is 44.2 Å². The van der Waals surface area contributed by atoms with Gasteiger partial charge in [0.25, 0.3) is 0 Å². The summed E-state index contributed by atoms with van der Waals surface area (Å²) in [4.78, 5) is 29.0. The Morgan fingerprint density at radius 3 is 2.48 bits per heavy atom. The molecule has 2 amide bonds. The van der Waals surface area contributed by atoms with E-state index in [1.54, 1.807) is 16.8 Å². The molecular weight excluding hydrogens is 338 g/mol. The van der Waals surface area contributed by atoms with Gasteiger partial charge < -0.3 is 15.5 Å². The van der Waals surface area contributed by atoms with Crippen molar-refractivity contribution in [2.75, 3.05) is 26.7 Å². The van der Waals surface area contributed by atoms with E-state index in [2.05, 4.69) is 0 Å². The average Bonchev–Trinajstić information content (AvgIpc) is 2.57. The number of likely N-dealkylation sites (tertiary alicyclic amines) is 1. The van der Waals surface area contributed by atoms with Gasteiger partial charge in [-0.25, -0.2) is 0 Å². The van der Waals surface area contributed by atoms with E-state index in [9.17, 15) is 9.59 Å². The summed E-state index contributed by atoms with van der Waals surface area (Å²) in [5.41, 5.74) is 6.52. The lowest BCUT2D eigenvalue weighted by molar-refractivity contribution is -0.147. The van der Waals surface area contributed by atoms with Gasteiger partial charge in [0.1, 0.15) is 6.04 Å². The van der Waals surface area contributed by atoms with Crippen LogP contribution in [-0.4, -0.2) is 48.3 Å². The zero-order valence-corrected chi connectivity index (χ0v) is 16.2. The van der Waals surface area contributed by atoms with Gasteiger partial charge in [0.05, 0.1) is 0 Å². The molecule has 0 saturated carbocycles. The van der Waals surface area contributed by atoms with Gasteiger partial charge in [-0.2, -0.15) is 0 Å². The minimum absolute atomic E-state index is 0. The van der Waals surface area contributed by atoms with Crippen molar-refractivity contribution in [2.24, 2.45) is 11.1 Å². The van der Waals surface area contributed by atoms with Crippen LogP contribution in [0.3, 0.4) is 0 Å². The van der Waals surface area contributed by atoms with Crippen LogP contribution in [-0.2, 0) is 9.59 Å². The van der Waals surface area contributed by atoms with Crippen LogP contribution in [0.15, 0.2) is 30.3 Å². The molecule has 0 spiro atoms. The number of hydrogen-bond acceptors (Lipinski definition) is 3. The second-order valence-electron chi connectivity index (χ2n) is 7.42. The van der Waals surface area contributed by atoms with E-state index in [4.69, 9.17) is 5.73 Å². The zero-order valence-electron chi connectivity index (χ0n) is 15.4. The Kier molecular flexibility index (Phi) is 7.90. The normalized spacial score (nSPS) is 16.2. The summed E-state index contributed by atoms with van der Waals surface area (Å²) >= 11 is 0. The van der Waals surface area contributed by atoms with Gasteiger partial charge >= 0.3 is 0 Å². The van der Waals surface area contributed by atoms with Crippen LogP contribution in [0.4, 0.5) is 0 Å². The number of nitrogens with zero attached hydrogens (tertiary/aromatic N) is 2. The van der Waals surface area contributed by atoms with Gasteiger partial charge in [0.2, 0.25) is 11.8 Å². The highest BCUT2D eigenvalue weighted by Crippen LogP contribution is 2.28. The fraction of sp³-hybridized carbons (Fsp3) is 0.579. The van der Waals surface area contributed by atoms with Crippen molar-refractivity contribution in [3.63, 3.8) is 0 Å². The smallest absolute Gasteiger partial charge is 0.249 e. The maximum absolute atomic E-state index is 13.2. The average molecular weight is 368 g/mol. The van der Waals surface area contributed by atoms with E-state index in [0.717, 1.165) is 18.4 Å². The number of piperidine rings is 1. The van der Waals surface area contributed by atoms with Crippen molar-refractivity contribution in [3.05, 3.63) is 35.9 Å². The monoisotopic (exact) mass is 367 g/mol. The first kappa shape index (κ1) is 21.5. The summed E-state index contributed by atoms with van der Waals surface area (Å²) < 4.78 is 0. The Bertz CT molecular complexity index is 577. The largest absolute Gasteiger partial charge is 0.343 e. The number of amides is 2. The van der Waals surface area contributed by atoms with Gasteiger partial charge in [0.15, 0.2) is 0 Å². The molecule has 1 aromatic carbocycles. The van der Waals surface area contributed by atoms with Crippen LogP contribution >= 0.6 is 12.4 Å². The highest BCUT2D eigenvalue weighted by atomic mass is 35.5. The van der Waals surface area contributed by atoms with Gasteiger partial charge in [-0.15, -0.1) is 12.4 Å². The minimum Gasteiger partial charge on any atom is -0.343 e. The molecule has 1 fully saturated rings. The van der Waals surface area contributed by atoms with Crippen LogP contribution in [0.5, 0.6) is 0 Å². The first-order valence-corrected chi connectivity index (χ1v) is 8.65. The van der Waals surface area contributed by atoms with E-state index < -0.39 is 6.04 Å². The molecule has 1 aliphatic rings. The zero-order chi connectivity index (χ0) is 17.7. The number of carbonyl (C=O) groups is 2. The molecule has 6 heteroatoms. The predicted molar refractivity (Wildman–Crippen MR) is 102 cm³/mol. The van der Waals surface area contributed by atoms with Gasteiger partial charge in [-0.05, 0) is 30.4 Å². The highest BCUT2D eigenvalue weighted by Gasteiger charge is 2.35. The van der Waals surface area contributed by atoms with Crippen LogP contribution < -0.4 is 5.73 Å². The molecule has 1 atom stereocenters. The molecule has 1 heterocycles. The van der Waals surface area contributed by atoms with Crippen molar-refractivity contribution >= 4 is 24.2 Å². The Morgan fingerprint density at radius 2 is 1.92 bits per heavy atom. The maximum atomic E-state index is 13.2. The molecule has 0 aromatic heterocycles. The molecule has 0 radical (unpaired) electrons. The van der Waals surface area contributed by atoms with Crippen LogP contribution in [0.1, 0.15) is 44.7 Å². The third kappa shape index (κ3) is 5.44. The Hall–Kier alpha value is -1.59. The number of likely N-dealkylation sites (N-methyl/N-ethyl adjacent to an activating group) is 1. The van der Waals surface area contributed by atoms with Crippen molar-refractivity contribution in [3.8, 4) is 0 Å². The molecular formula is C19H30ClN3O2. The molecule has 140 valence electrons. The molecule has 1 saturated heterocycles. The number of halogens is 1. The molecule has 1 aromatic rings. The Balaban J connectivity index is 0.00000312. The summed E-state index contributed by atoms with van der Waals surface area (Å²) in [6.45, 7) is 5.79. The van der Waals surface area contributed by atoms with Crippen molar-refractivity contribution in [1.29, 1.82) is 0 Å².